The largest absolute Gasteiger partial charge is 0.326 e. The van der Waals surface area contributed by atoms with Gasteiger partial charge in [0.25, 0.3) is 0 Å². The second-order valence-electron chi connectivity index (χ2n) is 4.16. The molecule has 17 heavy (non-hydrogen) atoms. The molecule has 0 saturated heterocycles. The molecule has 0 aliphatic carbocycles. The summed E-state index contributed by atoms with van der Waals surface area (Å²) in [5.74, 6) is 0.0200. The van der Waals surface area contributed by atoms with Gasteiger partial charge in [0.15, 0.2) is 0 Å². The number of carbonyl (C=O) groups excluding carboxylic acids is 1. The van der Waals surface area contributed by atoms with Gasteiger partial charge in [-0.2, -0.15) is 0 Å². The molecule has 0 aliphatic rings. The van der Waals surface area contributed by atoms with E-state index in [4.69, 9.17) is 0 Å². The van der Waals surface area contributed by atoms with Crippen molar-refractivity contribution in [3.8, 4) is 0 Å². The molecular formula is C13H19BrN2O. The topological polar surface area (TPSA) is 41.1 Å². The van der Waals surface area contributed by atoms with Crippen molar-refractivity contribution in [1.82, 2.24) is 5.32 Å². The van der Waals surface area contributed by atoms with Gasteiger partial charge >= 0.3 is 0 Å². The third kappa shape index (κ3) is 4.48. The molecule has 0 saturated carbocycles. The van der Waals surface area contributed by atoms with Crippen LogP contribution in [0.5, 0.6) is 0 Å². The van der Waals surface area contributed by atoms with Gasteiger partial charge in [-0.1, -0.05) is 29.8 Å². The Hall–Kier alpha value is -0.870. The lowest BCUT2D eigenvalue weighted by Gasteiger charge is -2.13. The molecule has 4 heteroatoms. The summed E-state index contributed by atoms with van der Waals surface area (Å²) in [6.45, 7) is 7.54. The molecule has 1 unspecified atom stereocenters. The molecule has 2 N–H and O–H groups in total. The first-order chi connectivity index (χ1) is 8.04. The Morgan fingerprint density at radius 2 is 2.18 bits per heavy atom. The van der Waals surface area contributed by atoms with Crippen molar-refractivity contribution in [3.63, 3.8) is 0 Å². The number of aryl methyl sites for hydroxylation is 1. The second kappa shape index (κ2) is 6.77. The van der Waals surface area contributed by atoms with Gasteiger partial charge in [0.1, 0.15) is 0 Å². The van der Waals surface area contributed by atoms with Crippen molar-refractivity contribution in [1.29, 1.82) is 0 Å². The van der Waals surface area contributed by atoms with Gasteiger partial charge in [-0.15, -0.1) is 0 Å². The van der Waals surface area contributed by atoms with Crippen molar-refractivity contribution in [3.05, 3.63) is 28.2 Å². The molecule has 1 rings (SSSR count). The van der Waals surface area contributed by atoms with E-state index < -0.39 is 0 Å². The molecule has 0 aliphatic heterocycles. The van der Waals surface area contributed by atoms with Crippen LogP contribution in [-0.4, -0.2) is 19.0 Å². The highest BCUT2D eigenvalue weighted by Crippen LogP contribution is 2.20. The van der Waals surface area contributed by atoms with Crippen LogP contribution in [0.2, 0.25) is 0 Å². The smallest absolute Gasteiger partial charge is 0.228 e. The fourth-order valence-electron chi connectivity index (χ4n) is 1.44. The Balaban J connectivity index is 2.58. The third-order valence-electron chi connectivity index (χ3n) is 2.57. The number of amides is 1. The number of benzene rings is 1. The standard InChI is InChI=1S/C13H19BrN2O/c1-4-15-8-10(3)13(17)16-11-5-6-12(14)9(2)7-11/h5-7,10,15H,4,8H2,1-3H3,(H,16,17). The van der Waals surface area contributed by atoms with Crippen LogP contribution in [0.4, 0.5) is 5.69 Å². The van der Waals surface area contributed by atoms with Gasteiger partial charge < -0.3 is 10.6 Å². The predicted molar refractivity (Wildman–Crippen MR) is 75.2 cm³/mol. The van der Waals surface area contributed by atoms with Crippen molar-refractivity contribution >= 4 is 27.5 Å². The van der Waals surface area contributed by atoms with Crippen molar-refractivity contribution in [2.45, 2.75) is 20.8 Å². The minimum absolute atomic E-state index is 0.0288. The molecule has 0 bridgehead atoms. The van der Waals surface area contributed by atoms with Gasteiger partial charge in [0, 0.05) is 22.6 Å². The molecule has 0 heterocycles. The molecule has 1 atom stereocenters. The number of anilines is 1. The first kappa shape index (κ1) is 14.2. The molecule has 1 aromatic carbocycles. The first-order valence-corrected chi connectivity index (χ1v) is 6.61. The fourth-order valence-corrected chi connectivity index (χ4v) is 1.69. The molecule has 1 amide bonds. The summed E-state index contributed by atoms with van der Waals surface area (Å²) in [4.78, 5) is 11.9. The molecule has 1 aromatic rings. The SMILES string of the molecule is CCNCC(C)C(=O)Nc1ccc(Br)c(C)c1. The van der Waals surface area contributed by atoms with Crippen LogP contribution in [0.3, 0.4) is 0 Å². The van der Waals surface area contributed by atoms with E-state index in [1.807, 2.05) is 39.0 Å². The maximum absolute atomic E-state index is 11.9. The maximum Gasteiger partial charge on any atom is 0.228 e. The number of carbonyl (C=O) groups is 1. The minimum Gasteiger partial charge on any atom is -0.326 e. The van der Waals surface area contributed by atoms with E-state index in [-0.39, 0.29) is 11.8 Å². The zero-order chi connectivity index (χ0) is 12.8. The third-order valence-corrected chi connectivity index (χ3v) is 3.46. The summed E-state index contributed by atoms with van der Waals surface area (Å²) < 4.78 is 1.05. The van der Waals surface area contributed by atoms with Crippen LogP contribution < -0.4 is 10.6 Å². The van der Waals surface area contributed by atoms with E-state index in [1.165, 1.54) is 0 Å². The Morgan fingerprint density at radius 1 is 1.47 bits per heavy atom. The zero-order valence-corrected chi connectivity index (χ0v) is 12.1. The average molecular weight is 299 g/mol. The lowest BCUT2D eigenvalue weighted by Crippen LogP contribution is -2.30. The van der Waals surface area contributed by atoms with E-state index in [0.29, 0.717) is 6.54 Å². The lowest BCUT2D eigenvalue weighted by molar-refractivity contribution is -0.119. The summed E-state index contributed by atoms with van der Waals surface area (Å²) in [6, 6.07) is 5.80. The highest BCUT2D eigenvalue weighted by atomic mass is 79.9. The summed E-state index contributed by atoms with van der Waals surface area (Å²) in [5.41, 5.74) is 1.96. The molecule has 0 spiro atoms. The molecule has 0 radical (unpaired) electrons. The van der Waals surface area contributed by atoms with E-state index in [0.717, 1.165) is 22.3 Å². The maximum atomic E-state index is 11.9. The number of rotatable bonds is 5. The highest BCUT2D eigenvalue weighted by Gasteiger charge is 2.12. The summed E-state index contributed by atoms with van der Waals surface area (Å²) in [7, 11) is 0. The van der Waals surface area contributed by atoms with E-state index in [1.54, 1.807) is 0 Å². The van der Waals surface area contributed by atoms with Gasteiger partial charge in [0.2, 0.25) is 5.91 Å². The normalized spacial score (nSPS) is 12.2. The Morgan fingerprint density at radius 3 is 2.76 bits per heavy atom. The predicted octanol–water partition coefficient (Wildman–Crippen LogP) is 2.94. The number of nitrogens with one attached hydrogen (secondary N) is 2. The van der Waals surface area contributed by atoms with Gasteiger partial charge in [-0.3, -0.25) is 4.79 Å². The number of hydrogen-bond acceptors (Lipinski definition) is 2. The van der Waals surface area contributed by atoms with Crippen LogP contribution in [0.15, 0.2) is 22.7 Å². The summed E-state index contributed by atoms with van der Waals surface area (Å²) in [5, 5.41) is 6.09. The summed E-state index contributed by atoms with van der Waals surface area (Å²) >= 11 is 3.44. The molecule has 0 aromatic heterocycles. The van der Waals surface area contributed by atoms with Crippen LogP contribution in [0, 0.1) is 12.8 Å². The van der Waals surface area contributed by atoms with Gasteiger partial charge in [0.05, 0.1) is 0 Å². The average Bonchev–Trinajstić information content (AvgIpc) is 2.30. The summed E-state index contributed by atoms with van der Waals surface area (Å²) in [6.07, 6.45) is 0. The molecule has 3 nitrogen and oxygen atoms in total. The molecular weight excluding hydrogens is 280 g/mol. The van der Waals surface area contributed by atoms with Gasteiger partial charge in [-0.05, 0) is 37.2 Å². The Labute approximate surface area is 111 Å². The monoisotopic (exact) mass is 298 g/mol. The van der Waals surface area contributed by atoms with Crippen molar-refractivity contribution < 1.29 is 4.79 Å². The first-order valence-electron chi connectivity index (χ1n) is 5.82. The van der Waals surface area contributed by atoms with E-state index in [2.05, 4.69) is 26.6 Å². The van der Waals surface area contributed by atoms with Crippen LogP contribution in [-0.2, 0) is 4.79 Å². The van der Waals surface area contributed by atoms with E-state index in [9.17, 15) is 4.79 Å². The molecule has 0 fully saturated rings. The Bertz CT molecular complexity index is 393. The van der Waals surface area contributed by atoms with Crippen LogP contribution in [0.1, 0.15) is 19.4 Å². The lowest BCUT2D eigenvalue weighted by atomic mass is 10.1. The molecule has 94 valence electrons. The van der Waals surface area contributed by atoms with Crippen molar-refractivity contribution in [2.24, 2.45) is 5.92 Å². The second-order valence-corrected chi connectivity index (χ2v) is 5.02. The van der Waals surface area contributed by atoms with Gasteiger partial charge in [-0.25, -0.2) is 0 Å². The van der Waals surface area contributed by atoms with Crippen LogP contribution >= 0.6 is 15.9 Å². The van der Waals surface area contributed by atoms with Crippen molar-refractivity contribution in [2.75, 3.05) is 18.4 Å². The minimum atomic E-state index is -0.0288. The highest BCUT2D eigenvalue weighted by molar-refractivity contribution is 9.10. The number of hydrogen-bond donors (Lipinski definition) is 2. The quantitative estimate of drug-likeness (QED) is 0.877. The van der Waals surface area contributed by atoms with E-state index >= 15 is 0 Å². The van der Waals surface area contributed by atoms with Crippen LogP contribution in [0.25, 0.3) is 0 Å². The fraction of sp³-hybridized carbons (Fsp3) is 0.462. The number of halogens is 1. The zero-order valence-electron chi connectivity index (χ0n) is 10.5. The Kier molecular flexibility index (Phi) is 5.65.